The molecular weight excluding hydrogens is 360 g/mol. The van der Waals surface area contributed by atoms with E-state index in [1.165, 1.54) is 14.0 Å². The van der Waals surface area contributed by atoms with E-state index >= 15 is 0 Å². The number of carboxylic acid groups (broad SMARTS) is 1. The van der Waals surface area contributed by atoms with Gasteiger partial charge in [0.1, 0.15) is 19.2 Å². The van der Waals surface area contributed by atoms with Crippen LogP contribution in [-0.2, 0) is 14.3 Å². The average Bonchev–Trinajstić information content (AvgIpc) is 2.99. The number of amides is 2. The van der Waals surface area contributed by atoms with Crippen LogP contribution in [-0.4, -0.2) is 54.2 Å². The van der Waals surface area contributed by atoms with Crippen molar-refractivity contribution < 1.29 is 24.2 Å². The summed E-state index contributed by atoms with van der Waals surface area (Å²) in [6.07, 6.45) is -0.716. The number of hydrogen-bond acceptors (Lipinski definition) is 4. The number of likely N-dealkylation sites (N-methyl/N-ethyl adjacent to an activating group) is 1. The maximum atomic E-state index is 12.2. The van der Waals surface area contributed by atoms with Gasteiger partial charge in [0.15, 0.2) is 0 Å². The lowest BCUT2D eigenvalue weighted by atomic mass is 9.98. The van der Waals surface area contributed by atoms with Gasteiger partial charge in [-0.1, -0.05) is 48.5 Å². The SMILES string of the molecule is C[C@H](NC(=O)OCC1c2ccccc2-c2ccccc21)C(=O)N(C)CC(=O)O. The third kappa shape index (κ3) is 3.98. The number of fused-ring (bicyclic) bond motifs is 3. The fraction of sp³-hybridized carbons (Fsp3) is 0.286. The zero-order chi connectivity index (χ0) is 20.3. The number of alkyl carbamates (subject to hydrolysis) is 1. The monoisotopic (exact) mass is 382 g/mol. The van der Waals surface area contributed by atoms with E-state index in [4.69, 9.17) is 9.84 Å². The first-order valence-electron chi connectivity index (χ1n) is 8.96. The molecule has 0 saturated carbocycles. The summed E-state index contributed by atoms with van der Waals surface area (Å²) < 4.78 is 5.38. The summed E-state index contributed by atoms with van der Waals surface area (Å²) in [6, 6.07) is 15.1. The lowest BCUT2D eigenvalue weighted by Crippen LogP contribution is -2.47. The fourth-order valence-corrected chi connectivity index (χ4v) is 3.49. The zero-order valence-electron chi connectivity index (χ0n) is 15.7. The van der Waals surface area contributed by atoms with Gasteiger partial charge in [-0.05, 0) is 29.2 Å². The number of ether oxygens (including phenoxy) is 1. The molecule has 7 heteroatoms. The van der Waals surface area contributed by atoms with E-state index in [0.717, 1.165) is 27.2 Å². The summed E-state index contributed by atoms with van der Waals surface area (Å²) in [5, 5.41) is 11.2. The summed E-state index contributed by atoms with van der Waals surface area (Å²) in [5.41, 5.74) is 4.46. The lowest BCUT2D eigenvalue weighted by molar-refractivity contribution is -0.144. The van der Waals surface area contributed by atoms with Crippen molar-refractivity contribution in [2.45, 2.75) is 18.9 Å². The van der Waals surface area contributed by atoms with Crippen molar-refractivity contribution in [2.75, 3.05) is 20.2 Å². The molecule has 7 nitrogen and oxygen atoms in total. The van der Waals surface area contributed by atoms with Crippen LogP contribution in [0.1, 0.15) is 24.0 Å². The quantitative estimate of drug-likeness (QED) is 0.800. The molecule has 2 amide bonds. The Morgan fingerprint density at radius 3 is 2.14 bits per heavy atom. The van der Waals surface area contributed by atoms with Gasteiger partial charge in [-0.25, -0.2) is 4.79 Å². The van der Waals surface area contributed by atoms with Gasteiger partial charge in [0, 0.05) is 13.0 Å². The molecule has 0 spiro atoms. The second-order valence-corrected chi connectivity index (χ2v) is 6.78. The topological polar surface area (TPSA) is 95.9 Å². The summed E-state index contributed by atoms with van der Waals surface area (Å²) in [6.45, 7) is 1.20. The van der Waals surface area contributed by atoms with Crippen LogP contribution in [0.25, 0.3) is 11.1 Å². The van der Waals surface area contributed by atoms with Crippen molar-refractivity contribution in [3.05, 3.63) is 59.7 Å². The van der Waals surface area contributed by atoms with Gasteiger partial charge in [-0.3, -0.25) is 9.59 Å². The van der Waals surface area contributed by atoms with Crippen LogP contribution in [0.5, 0.6) is 0 Å². The first-order chi connectivity index (χ1) is 13.4. The molecule has 2 aromatic rings. The molecule has 0 heterocycles. The normalized spacial score (nSPS) is 13.2. The lowest BCUT2D eigenvalue weighted by Gasteiger charge is -2.21. The predicted octanol–water partition coefficient (Wildman–Crippen LogP) is 2.46. The molecule has 1 aliphatic rings. The van der Waals surface area contributed by atoms with Crippen molar-refractivity contribution in [3.8, 4) is 11.1 Å². The van der Waals surface area contributed by atoms with Crippen LogP contribution in [0.3, 0.4) is 0 Å². The van der Waals surface area contributed by atoms with Gasteiger partial charge < -0.3 is 20.1 Å². The number of nitrogens with one attached hydrogen (secondary N) is 1. The van der Waals surface area contributed by atoms with Gasteiger partial charge in [0.2, 0.25) is 5.91 Å². The molecular formula is C21H22N2O5. The van der Waals surface area contributed by atoms with Gasteiger partial charge in [0.05, 0.1) is 0 Å². The van der Waals surface area contributed by atoms with E-state index in [1.54, 1.807) is 0 Å². The maximum Gasteiger partial charge on any atom is 0.407 e. The molecule has 3 rings (SSSR count). The number of carbonyl (C=O) groups excluding carboxylic acids is 2. The second kappa shape index (κ2) is 8.12. The van der Waals surface area contributed by atoms with Crippen molar-refractivity contribution in [1.29, 1.82) is 0 Å². The van der Waals surface area contributed by atoms with E-state index in [0.29, 0.717) is 0 Å². The van der Waals surface area contributed by atoms with E-state index in [-0.39, 0.29) is 12.5 Å². The Balaban J connectivity index is 1.62. The summed E-state index contributed by atoms with van der Waals surface area (Å²) in [7, 11) is 1.37. The number of rotatable bonds is 6. The predicted molar refractivity (Wildman–Crippen MR) is 103 cm³/mol. The van der Waals surface area contributed by atoms with Crippen molar-refractivity contribution in [1.82, 2.24) is 10.2 Å². The van der Waals surface area contributed by atoms with Crippen LogP contribution in [0.15, 0.2) is 48.5 Å². The number of benzene rings is 2. The molecule has 146 valence electrons. The average molecular weight is 382 g/mol. The highest BCUT2D eigenvalue weighted by atomic mass is 16.5. The summed E-state index contributed by atoms with van der Waals surface area (Å²) in [5.74, 6) is -1.70. The van der Waals surface area contributed by atoms with Crippen LogP contribution in [0.2, 0.25) is 0 Å². The van der Waals surface area contributed by atoms with Gasteiger partial charge in [-0.15, -0.1) is 0 Å². The summed E-state index contributed by atoms with van der Waals surface area (Å²) >= 11 is 0. The Hall–Kier alpha value is -3.35. The van der Waals surface area contributed by atoms with Crippen LogP contribution < -0.4 is 5.32 Å². The highest BCUT2D eigenvalue weighted by molar-refractivity contribution is 5.87. The van der Waals surface area contributed by atoms with E-state index in [2.05, 4.69) is 5.32 Å². The number of carbonyl (C=O) groups is 3. The fourth-order valence-electron chi connectivity index (χ4n) is 3.49. The number of hydrogen-bond donors (Lipinski definition) is 2. The van der Waals surface area contributed by atoms with Crippen LogP contribution in [0.4, 0.5) is 4.79 Å². The van der Waals surface area contributed by atoms with E-state index < -0.39 is 30.6 Å². The minimum absolute atomic E-state index is 0.0705. The van der Waals surface area contributed by atoms with Gasteiger partial charge in [-0.2, -0.15) is 0 Å². The largest absolute Gasteiger partial charge is 0.480 e. The molecule has 0 saturated heterocycles. The highest BCUT2D eigenvalue weighted by Gasteiger charge is 2.29. The Bertz CT molecular complexity index is 866. The summed E-state index contributed by atoms with van der Waals surface area (Å²) in [4.78, 5) is 36.0. The Morgan fingerprint density at radius 1 is 1.07 bits per heavy atom. The minimum Gasteiger partial charge on any atom is -0.480 e. The molecule has 0 aliphatic heterocycles. The highest BCUT2D eigenvalue weighted by Crippen LogP contribution is 2.44. The zero-order valence-corrected chi connectivity index (χ0v) is 15.7. The maximum absolute atomic E-state index is 12.2. The van der Waals surface area contributed by atoms with Gasteiger partial charge >= 0.3 is 12.1 Å². The third-order valence-corrected chi connectivity index (χ3v) is 4.80. The minimum atomic E-state index is -1.12. The van der Waals surface area contributed by atoms with Crippen LogP contribution in [0, 0.1) is 0 Å². The molecule has 1 aliphatic carbocycles. The number of carboxylic acids is 1. The standard InChI is InChI=1S/C21H22N2O5/c1-13(20(26)23(2)11-19(24)25)22-21(27)28-12-18-16-9-5-3-7-14(16)15-8-4-6-10-17(15)18/h3-10,13,18H,11-12H2,1-2H3,(H,22,27)(H,24,25)/t13-/m0/s1. The number of nitrogens with zero attached hydrogens (tertiary/aromatic N) is 1. The molecule has 0 fully saturated rings. The van der Waals surface area contributed by atoms with E-state index in [1.807, 2.05) is 48.5 Å². The Kier molecular flexibility index (Phi) is 5.63. The van der Waals surface area contributed by atoms with Crippen molar-refractivity contribution in [2.24, 2.45) is 0 Å². The third-order valence-electron chi connectivity index (χ3n) is 4.80. The van der Waals surface area contributed by atoms with Crippen molar-refractivity contribution in [3.63, 3.8) is 0 Å². The molecule has 1 atom stereocenters. The van der Waals surface area contributed by atoms with E-state index in [9.17, 15) is 14.4 Å². The molecule has 2 N–H and O–H groups in total. The van der Waals surface area contributed by atoms with Crippen LogP contribution >= 0.6 is 0 Å². The smallest absolute Gasteiger partial charge is 0.407 e. The molecule has 0 unspecified atom stereocenters. The first kappa shape index (κ1) is 19.4. The molecule has 0 aromatic heterocycles. The first-order valence-corrected chi connectivity index (χ1v) is 8.96. The van der Waals surface area contributed by atoms with Gasteiger partial charge in [0.25, 0.3) is 0 Å². The van der Waals surface area contributed by atoms with Crippen molar-refractivity contribution >= 4 is 18.0 Å². The number of aliphatic carboxylic acids is 1. The molecule has 0 bridgehead atoms. The molecule has 28 heavy (non-hydrogen) atoms. The molecule has 0 radical (unpaired) electrons. The Morgan fingerprint density at radius 2 is 1.61 bits per heavy atom. The Labute approximate surface area is 162 Å². The molecule has 2 aromatic carbocycles. The second-order valence-electron chi connectivity index (χ2n) is 6.78.